The average molecular weight is 361 g/mol. The van der Waals surface area contributed by atoms with E-state index < -0.39 is 0 Å². The number of nitrogens with one attached hydrogen (secondary N) is 2. The molecule has 3 rings (SSSR count). The van der Waals surface area contributed by atoms with E-state index in [4.69, 9.17) is 4.99 Å². The highest BCUT2D eigenvalue weighted by molar-refractivity contribution is 7.10. The van der Waals surface area contributed by atoms with Crippen molar-refractivity contribution in [2.24, 2.45) is 4.99 Å². The first-order valence-corrected chi connectivity index (χ1v) is 9.88. The van der Waals surface area contributed by atoms with Gasteiger partial charge in [0.2, 0.25) is 0 Å². The van der Waals surface area contributed by atoms with Crippen LogP contribution in [0.4, 0.5) is 0 Å². The molecule has 7 heteroatoms. The summed E-state index contributed by atoms with van der Waals surface area (Å²) in [6, 6.07) is 4.46. The van der Waals surface area contributed by atoms with Crippen molar-refractivity contribution in [1.29, 1.82) is 0 Å². The molecule has 0 saturated heterocycles. The minimum Gasteiger partial charge on any atom is -0.357 e. The molecule has 3 heterocycles. The summed E-state index contributed by atoms with van der Waals surface area (Å²) in [5.74, 6) is 2.71. The maximum Gasteiger partial charge on any atom is 0.191 e. The first-order valence-electron chi connectivity index (χ1n) is 9.00. The van der Waals surface area contributed by atoms with Crippen LogP contribution in [-0.2, 0) is 12.0 Å². The number of hydrogen-bond acceptors (Lipinski definition) is 4. The lowest BCUT2D eigenvalue weighted by Crippen LogP contribution is -2.42. The number of fused-ring (bicyclic) bond motifs is 1. The number of aliphatic imine (C=N–C) groups is 1. The fourth-order valence-corrected chi connectivity index (χ4v) is 3.95. The molecule has 0 amide bonds. The first-order chi connectivity index (χ1) is 12.0. The standard InChI is InChI=1S/C18H28N6S/c1-5-19-17(20-12-18(3,4)15-9-7-11-25-15)22-14-8-6-10-24-16(14)21-13(2)23-24/h7,9,11,14H,5-6,8,10,12H2,1-4H3,(H2,19,20,22). The van der Waals surface area contributed by atoms with Crippen molar-refractivity contribution in [3.8, 4) is 0 Å². The van der Waals surface area contributed by atoms with Crippen LogP contribution in [0.3, 0.4) is 0 Å². The van der Waals surface area contributed by atoms with Crippen LogP contribution in [0, 0.1) is 6.92 Å². The van der Waals surface area contributed by atoms with Crippen molar-refractivity contribution >= 4 is 17.3 Å². The molecule has 0 spiro atoms. The van der Waals surface area contributed by atoms with Crippen LogP contribution < -0.4 is 10.6 Å². The highest BCUT2D eigenvalue weighted by Gasteiger charge is 2.25. The van der Waals surface area contributed by atoms with Crippen LogP contribution in [0.25, 0.3) is 0 Å². The van der Waals surface area contributed by atoms with Gasteiger partial charge in [-0.1, -0.05) is 19.9 Å². The molecule has 0 fully saturated rings. The Morgan fingerprint density at radius 3 is 3.04 bits per heavy atom. The average Bonchev–Trinajstić information content (AvgIpc) is 3.22. The van der Waals surface area contributed by atoms with Gasteiger partial charge in [-0.05, 0) is 38.1 Å². The Hall–Kier alpha value is -1.89. The summed E-state index contributed by atoms with van der Waals surface area (Å²) >= 11 is 1.79. The van der Waals surface area contributed by atoms with E-state index >= 15 is 0 Å². The second-order valence-electron chi connectivity index (χ2n) is 7.14. The number of guanidine groups is 1. The zero-order valence-electron chi connectivity index (χ0n) is 15.5. The molecule has 25 heavy (non-hydrogen) atoms. The molecule has 0 bridgehead atoms. The molecule has 1 unspecified atom stereocenters. The van der Waals surface area contributed by atoms with Crippen LogP contribution in [-0.4, -0.2) is 33.8 Å². The normalized spacial score (nSPS) is 18.1. The first kappa shape index (κ1) is 17.9. The predicted octanol–water partition coefficient (Wildman–Crippen LogP) is 3.02. The van der Waals surface area contributed by atoms with E-state index in [1.54, 1.807) is 11.3 Å². The summed E-state index contributed by atoms with van der Waals surface area (Å²) in [6.07, 6.45) is 2.16. The van der Waals surface area contributed by atoms with Crippen molar-refractivity contribution in [2.75, 3.05) is 13.1 Å². The Morgan fingerprint density at radius 2 is 2.32 bits per heavy atom. The number of aryl methyl sites for hydroxylation is 2. The number of nitrogens with zero attached hydrogens (tertiary/aromatic N) is 4. The van der Waals surface area contributed by atoms with Crippen LogP contribution >= 0.6 is 11.3 Å². The van der Waals surface area contributed by atoms with Crippen molar-refractivity contribution < 1.29 is 0 Å². The lowest BCUT2D eigenvalue weighted by molar-refractivity contribution is 0.397. The van der Waals surface area contributed by atoms with Gasteiger partial charge in [-0.3, -0.25) is 4.99 Å². The zero-order chi connectivity index (χ0) is 17.9. The highest BCUT2D eigenvalue weighted by atomic mass is 32.1. The van der Waals surface area contributed by atoms with E-state index in [1.807, 2.05) is 11.6 Å². The number of thiophene rings is 1. The van der Waals surface area contributed by atoms with E-state index in [0.29, 0.717) is 0 Å². The molecule has 0 aromatic carbocycles. The van der Waals surface area contributed by atoms with Crippen molar-refractivity contribution in [3.05, 3.63) is 34.0 Å². The van der Waals surface area contributed by atoms with Gasteiger partial charge >= 0.3 is 0 Å². The SMILES string of the molecule is CCNC(=NCC(C)(C)c1cccs1)NC1CCCn2nc(C)nc21. The van der Waals surface area contributed by atoms with Crippen molar-refractivity contribution in [1.82, 2.24) is 25.4 Å². The molecule has 136 valence electrons. The van der Waals surface area contributed by atoms with Gasteiger partial charge in [0.25, 0.3) is 0 Å². The molecule has 6 nitrogen and oxygen atoms in total. The van der Waals surface area contributed by atoms with Crippen LogP contribution in [0.5, 0.6) is 0 Å². The molecule has 0 saturated carbocycles. The number of hydrogen-bond donors (Lipinski definition) is 2. The molecule has 0 aliphatic carbocycles. The molecule has 2 aromatic rings. The maximum atomic E-state index is 4.86. The Balaban J connectivity index is 1.73. The van der Waals surface area contributed by atoms with Crippen LogP contribution in [0.2, 0.25) is 0 Å². The second kappa shape index (κ2) is 7.56. The minimum atomic E-state index is 0.0275. The van der Waals surface area contributed by atoms with Crippen LogP contribution in [0.1, 0.15) is 56.2 Å². The third-order valence-electron chi connectivity index (χ3n) is 4.46. The smallest absolute Gasteiger partial charge is 0.191 e. The van der Waals surface area contributed by atoms with Gasteiger partial charge in [-0.25, -0.2) is 9.67 Å². The summed E-state index contributed by atoms with van der Waals surface area (Å²) in [4.78, 5) is 10.8. The third kappa shape index (κ3) is 4.21. The van der Waals surface area contributed by atoms with E-state index in [1.165, 1.54) is 4.88 Å². The van der Waals surface area contributed by atoms with Crippen LogP contribution in [0.15, 0.2) is 22.5 Å². The summed E-state index contributed by atoms with van der Waals surface area (Å²) in [7, 11) is 0. The van der Waals surface area contributed by atoms with E-state index in [9.17, 15) is 0 Å². The monoisotopic (exact) mass is 360 g/mol. The Morgan fingerprint density at radius 1 is 1.48 bits per heavy atom. The van der Waals surface area contributed by atoms with Gasteiger partial charge in [0, 0.05) is 23.4 Å². The van der Waals surface area contributed by atoms with E-state index in [-0.39, 0.29) is 11.5 Å². The molecule has 2 aromatic heterocycles. The predicted molar refractivity (Wildman–Crippen MR) is 103 cm³/mol. The topological polar surface area (TPSA) is 67.1 Å². The Labute approximate surface area is 153 Å². The maximum absolute atomic E-state index is 4.86. The summed E-state index contributed by atoms with van der Waals surface area (Å²) in [5, 5.41) is 13.5. The largest absolute Gasteiger partial charge is 0.357 e. The number of aromatic nitrogens is 3. The summed E-state index contributed by atoms with van der Waals surface area (Å²) in [6.45, 7) is 11.1. The summed E-state index contributed by atoms with van der Waals surface area (Å²) < 4.78 is 2.02. The molecular weight excluding hydrogens is 332 g/mol. The fraction of sp³-hybridized carbons (Fsp3) is 0.611. The highest BCUT2D eigenvalue weighted by Crippen LogP contribution is 2.28. The molecule has 2 N–H and O–H groups in total. The molecule has 0 radical (unpaired) electrons. The van der Waals surface area contributed by atoms with Gasteiger partial charge in [-0.15, -0.1) is 11.3 Å². The fourth-order valence-electron chi connectivity index (χ4n) is 3.11. The van der Waals surface area contributed by atoms with E-state index in [2.05, 4.69) is 59.0 Å². The van der Waals surface area contributed by atoms with Gasteiger partial charge in [0.15, 0.2) is 5.96 Å². The molecule has 1 aliphatic heterocycles. The molecule has 1 atom stereocenters. The minimum absolute atomic E-state index is 0.0275. The lowest BCUT2D eigenvalue weighted by atomic mass is 9.92. The Kier molecular flexibility index (Phi) is 5.42. The Bertz CT molecular complexity index is 716. The molecule has 1 aliphatic rings. The van der Waals surface area contributed by atoms with Gasteiger partial charge in [0.1, 0.15) is 11.6 Å². The lowest BCUT2D eigenvalue weighted by Gasteiger charge is -2.26. The third-order valence-corrected chi connectivity index (χ3v) is 5.69. The van der Waals surface area contributed by atoms with Gasteiger partial charge in [-0.2, -0.15) is 5.10 Å². The summed E-state index contributed by atoms with van der Waals surface area (Å²) in [5.41, 5.74) is 0.0275. The zero-order valence-corrected chi connectivity index (χ0v) is 16.4. The molecular formula is C18H28N6S. The van der Waals surface area contributed by atoms with Crippen molar-refractivity contribution in [2.45, 2.75) is 58.5 Å². The quantitative estimate of drug-likeness (QED) is 0.635. The second-order valence-corrected chi connectivity index (χ2v) is 8.08. The van der Waals surface area contributed by atoms with Gasteiger partial charge in [0.05, 0.1) is 12.6 Å². The van der Waals surface area contributed by atoms with Gasteiger partial charge < -0.3 is 10.6 Å². The van der Waals surface area contributed by atoms with Crippen molar-refractivity contribution in [3.63, 3.8) is 0 Å². The number of rotatable bonds is 5. The van der Waals surface area contributed by atoms with E-state index in [0.717, 1.165) is 50.1 Å².